The number of pyridine rings is 1. The Morgan fingerprint density at radius 1 is 1.30 bits per heavy atom. The number of aryl methyl sites for hydroxylation is 1. The highest BCUT2D eigenvalue weighted by atomic mass is 79.9. The van der Waals surface area contributed by atoms with Gasteiger partial charge in [0.05, 0.1) is 4.88 Å². The van der Waals surface area contributed by atoms with Gasteiger partial charge in [0.25, 0.3) is 5.91 Å². The molecular weight excluding hydrogens is 422 g/mol. The monoisotopic (exact) mass is 443 g/mol. The lowest BCUT2D eigenvalue weighted by atomic mass is 10.0. The summed E-state index contributed by atoms with van der Waals surface area (Å²) >= 11 is 5.08. The van der Waals surface area contributed by atoms with Gasteiger partial charge in [-0.25, -0.2) is 0 Å². The van der Waals surface area contributed by atoms with Gasteiger partial charge in [0, 0.05) is 27.8 Å². The molecule has 2 aromatic heterocycles. The summed E-state index contributed by atoms with van der Waals surface area (Å²) in [6.45, 7) is 2.55. The molecule has 3 N–H and O–H groups in total. The van der Waals surface area contributed by atoms with Gasteiger partial charge < -0.3 is 11.1 Å². The molecule has 1 unspecified atom stereocenters. The highest BCUT2D eigenvalue weighted by molar-refractivity contribution is 9.10. The molecule has 0 saturated heterocycles. The van der Waals surface area contributed by atoms with E-state index >= 15 is 0 Å². The Morgan fingerprint density at radius 2 is 2.07 bits per heavy atom. The fraction of sp³-hybridized carbons (Fsp3) is 0.238. The van der Waals surface area contributed by atoms with Crippen LogP contribution in [0.5, 0.6) is 0 Å². The Morgan fingerprint density at radius 3 is 2.78 bits per heavy atom. The Kier molecular flexibility index (Phi) is 6.77. The lowest BCUT2D eigenvalue weighted by molar-refractivity contribution is 0.0939. The van der Waals surface area contributed by atoms with Crippen molar-refractivity contribution in [3.8, 4) is 10.4 Å². The number of carbonyl (C=O) groups excluding carboxylic acids is 1. The molecule has 0 bridgehead atoms. The summed E-state index contributed by atoms with van der Waals surface area (Å²) in [6, 6.07) is 14.0. The molecule has 1 amide bonds. The van der Waals surface area contributed by atoms with Crippen LogP contribution in [0.1, 0.15) is 27.2 Å². The third-order valence-electron chi connectivity index (χ3n) is 4.35. The van der Waals surface area contributed by atoms with Gasteiger partial charge in [-0.15, -0.1) is 11.3 Å². The van der Waals surface area contributed by atoms with Gasteiger partial charge in [-0.05, 0) is 71.1 Å². The standard InChI is InChI=1S/C21H22BrN3OS/c1-14-13-24-10-8-17(14)20-18(22)12-19(27-20)21(26)25-16(7-9-23)11-15-5-3-2-4-6-15/h2-6,8,10,12-13,16H,7,9,11,23H2,1H3,(H,25,26). The third kappa shape index (κ3) is 5.03. The number of nitrogens with two attached hydrogens (primary N) is 1. The zero-order chi connectivity index (χ0) is 19.2. The number of rotatable bonds is 7. The van der Waals surface area contributed by atoms with Gasteiger partial charge in [0.2, 0.25) is 0 Å². The van der Waals surface area contributed by atoms with Crippen molar-refractivity contribution < 1.29 is 4.79 Å². The molecule has 3 aromatic rings. The van der Waals surface area contributed by atoms with E-state index in [1.165, 1.54) is 16.9 Å². The quantitative estimate of drug-likeness (QED) is 0.561. The zero-order valence-electron chi connectivity index (χ0n) is 15.1. The first kappa shape index (κ1) is 19.7. The third-order valence-corrected chi connectivity index (χ3v) is 6.41. The lowest BCUT2D eigenvalue weighted by Crippen LogP contribution is -2.37. The van der Waals surface area contributed by atoms with E-state index in [0.29, 0.717) is 11.4 Å². The summed E-state index contributed by atoms with van der Waals surface area (Å²) < 4.78 is 0.922. The fourth-order valence-electron chi connectivity index (χ4n) is 2.97. The number of halogens is 1. The molecule has 2 heterocycles. The van der Waals surface area contributed by atoms with E-state index in [9.17, 15) is 4.79 Å². The molecule has 6 heteroatoms. The maximum Gasteiger partial charge on any atom is 0.261 e. The highest BCUT2D eigenvalue weighted by Crippen LogP contribution is 2.37. The molecule has 0 aliphatic heterocycles. The van der Waals surface area contributed by atoms with E-state index in [1.807, 2.05) is 43.5 Å². The van der Waals surface area contributed by atoms with Crippen LogP contribution in [-0.2, 0) is 6.42 Å². The first-order valence-corrected chi connectivity index (χ1v) is 10.4. The molecule has 0 radical (unpaired) electrons. The van der Waals surface area contributed by atoms with E-state index in [1.54, 1.807) is 6.20 Å². The average molecular weight is 444 g/mol. The van der Waals surface area contributed by atoms with E-state index < -0.39 is 0 Å². The maximum atomic E-state index is 12.8. The van der Waals surface area contributed by atoms with Crippen molar-refractivity contribution in [1.82, 2.24) is 10.3 Å². The minimum atomic E-state index is -0.0620. The van der Waals surface area contributed by atoms with Gasteiger partial charge in [-0.3, -0.25) is 9.78 Å². The Labute approximate surface area is 172 Å². The number of hydrogen-bond acceptors (Lipinski definition) is 4. The minimum Gasteiger partial charge on any atom is -0.348 e. The van der Waals surface area contributed by atoms with Crippen LogP contribution >= 0.6 is 27.3 Å². The molecule has 0 aliphatic rings. The second-order valence-corrected chi connectivity index (χ2v) is 8.32. The molecule has 140 valence electrons. The predicted molar refractivity (Wildman–Crippen MR) is 115 cm³/mol. The van der Waals surface area contributed by atoms with Crippen LogP contribution in [0.3, 0.4) is 0 Å². The Balaban J connectivity index is 1.77. The average Bonchev–Trinajstić information content (AvgIpc) is 3.05. The van der Waals surface area contributed by atoms with Gasteiger partial charge in [0.1, 0.15) is 0 Å². The van der Waals surface area contributed by atoms with Gasteiger partial charge in [0.15, 0.2) is 0 Å². The number of carbonyl (C=O) groups is 1. The van der Waals surface area contributed by atoms with Crippen LogP contribution in [0.15, 0.2) is 59.3 Å². The van der Waals surface area contributed by atoms with E-state index in [-0.39, 0.29) is 11.9 Å². The van der Waals surface area contributed by atoms with Crippen LogP contribution in [0.2, 0.25) is 0 Å². The topological polar surface area (TPSA) is 68.0 Å². The number of aromatic nitrogens is 1. The van der Waals surface area contributed by atoms with Crippen molar-refractivity contribution >= 4 is 33.2 Å². The molecule has 0 spiro atoms. The normalized spacial score (nSPS) is 12.0. The molecule has 4 nitrogen and oxygen atoms in total. The van der Waals surface area contributed by atoms with Crippen LogP contribution < -0.4 is 11.1 Å². The molecule has 27 heavy (non-hydrogen) atoms. The summed E-state index contributed by atoms with van der Waals surface area (Å²) in [7, 11) is 0. The second-order valence-electron chi connectivity index (χ2n) is 6.42. The van der Waals surface area contributed by atoms with Gasteiger partial charge in [-0.1, -0.05) is 30.3 Å². The van der Waals surface area contributed by atoms with Crippen molar-refractivity contribution in [1.29, 1.82) is 0 Å². The molecule has 0 saturated carbocycles. The fourth-order valence-corrected chi connectivity index (χ4v) is 4.85. The van der Waals surface area contributed by atoms with Crippen molar-refractivity contribution in [2.75, 3.05) is 6.54 Å². The summed E-state index contributed by atoms with van der Waals surface area (Å²) in [5.74, 6) is -0.0620. The maximum absolute atomic E-state index is 12.8. The van der Waals surface area contributed by atoms with Crippen LogP contribution in [0.4, 0.5) is 0 Å². The summed E-state index contributed by atoms with van der Waals surface area (Å²) in [5.41, 5.74) is 9.12. The lowest BCUT2D eigenvalue weighted by Gasteiger charge is -2.17. The predicted octanol–water partition coefficient (Wildman–Crippen LogP) is 4.57. The number of benzene rings is 1. The highest BCUT2D eigenvalue weighted by Gasteiger charge is 2.19. The van der Waals surface area contributed by atoms with Crippen molar-refractivity contribution in [2.45, 2.75) is 25.8 Å². The smallest absolute Gasteiger partial charge is 0.261 e. The second kappa shape index (κ2) is 9.26. The molecule has 0 fully saturated rings. The van der Waals surface area contributed by atoms with E-state index in [4.69, 9.17) is 5.73 Å². The van der Waals surface area contributed by atoms with E-state index in [0.717, 1.165) is 33.3 Å². The first-order valence-electron chi connectivity index (χ1n) is 8.83. The zero-order valence-corrected chi connectivity index (χ0v) is 17.5. The van der Waals surface area contributed by atoms with Crippen LogP contribution in [0.25, 0.3) is 10.4 Å². The SMILES string of the molecule is Cc1cnccc1-c1sc(C(=O)NC(CCN)Cc2ccccc2)cc1Br. The number of nitrogens with zero attached hydrogens (tertiary/aromatic N) is 1. The van der Waals surface area contributed by atoms with Gasteiger partial charge in [-0.2, -0.15) is 0 Å². The van der Waals surface area contributed by atoms with Crippen molar-refractivity contribution in [3.63, 3.8) is 0 Å². The molecule has 0 aliphatic carbocycles. The number of amides is 1. The molecule has 3 rings (SSSR count). The van der Waals surface area contributed by atoms with Gasteiger partial charge >= 0.3 is 0 Å². The van der Waals surface area contributed by atoms with Crippen molar-refractivity contribution in [2.24, 2.45) is 5.73 Å². The number of hydrogen-bond donors (Lipinski definition) is 2. The van der Waals surface area contributed by atoms with Crippen LogP contribution in [0, 0.1) is 6.92 Å². The minimum absolute atomic E-state index is 0.0110. The molecule has 1 atom stereocenters. The summed E-state index contributed by atoms with van der Waals surface area (Å²) in [4.78, 5) is 18.7. The van der Waals surface area contributed by atoms with E-state index in [2.05, 4.69) is 38.4 Å². The number of thiophene rings is 1. The summed E-state index contributed by atoms with van der Waals surface area (Å²) in [5, 5.41) is 3.15. The summed E-state index contributed by atoms with van der Waals surface area (Å²) in [6.07, 6.45) is 5.11. The molecule has 1 aromatic carbocycles. The van der Waals surface area contributed by atoms with Crippen molar-refractivity contribution in [3.05, 3.63) is 75.3 Å². The Hall–Kier alpha value is -2.02. The Bertz CT molecular complexity index is 911. The van der Waals surface area contributed by atoms with Crippen LogP contribution in [-0.4, -0.2) is 23.5 Å². The largest absolute Gasteiger partial charge is 0.348 e. The molecular formula is C21H22BrN3OS. The first-order chi connectivity index (χ1) is 13.1. The number of nitrogens with one attached hydrogen (secondary N) is 1.